The summed E-state index contributed by atoms with van der Waals surface area (Å²) >= 11 is 0. The average Bonchev–Trinajstić information content (AvgIpc) is 2.68. The number of hydrogen-bond acceptors (Lipinski definition) is 6. The third-order valence-electron chi connectivity index (χ3n) is 3.81. The van der Waals surface area contributed by atoms with E-state index in [-0.39, 0.29) is 6.10 Å². The zero-order valence-electron chi connectivity index (χ0n) is 14.7. The minimum Gasteiger partial charge on any atom is -0.490 e. The molecule has 1 aromatic heterocycles. The van der Waals surface area contributed by atoms with Crippen molar-refractivity contribution < 1.29 is 23.7 Å². The van der Waals surface area contributed by atoms with Gasteiger partial charge in [-0.2, -0.15) is 0 Å². The minimum absolute atomic E-state index is 0.236. The zero-order chi connectivity index (χ0) is 18.2. The monoisotopic (exact) mass is 358 g/mol. The normalized spacial score (nSPS) is 16.8. The lowest BCUT2D eigenvalue weighted by Crippen LogP contribution is -2.48. The fourth-order valence-electron chi connectivity index (χ4n) is 2.59. The van der Waals surface area contributed by atoms with E-state index in [0.29, 0.717) is 50.2 Å². The molecule has 0 N–H and O–H groups in total. The van der Waals surface area contributed by atoms with Crippen LogP contribution in [-0.4, -0.2) is 55.0 Å². The Morgan fingerprint density at radius 3 is 2.77 bits per heavy atom. The summed E-state index contributed by atoms with van der Waals surface area (Å²) in [5, 5.41) is 0. The van der Waals surface area contributed by atoms with Crippen LogP contribution in [0.2, 0.25) is 0 Å². The number of aromatic nitrogens is 1. The predicted molar refractivity (Wildman–Crippen MR) is 94.7 cm³/mol. The highest BCUT2D eigenvalue weighted by Crippen LogP contribution is 2.26. The van der Waals surface area contributed by atoms with Crippen LogP contribution >= 0.6 is 0 Å². The maximum atomic E-state index is 12.3. The topological polar surface area (TPSA) is 70.1 Å². The van der Waals surface area contributed by atoms with Gasteiger partial charge >= 0.3 is 6.09 Å². The Morgan fingerprint density at radius 2 is 2.04 bits per heavy atom. The highest BCUT2D eigenvalue weighted by atomic mass is 16.6. The molecule has 2 aromatic rings. The first kappa shape index (κ1) is 18.0. The molecule has 0 bridgehead atoms. The number of hydrogen-bond donors (Lipinski definition) is 0. The first-order chi connectivity index (χ1) is 12.8. The number of carbonyl (C=O) groups is 1. The molecule has 2 heterocycles. The van der Waals surface area contributed by atoms with Crippen LogP contribution in [0.15, 0.2) is 48.8 Å². The summed E-state index contributed by atoms with van der Waals surface area (Å²) in [5.41, 5.74) is 0. The minimum atomic E-state index is -0.416. The highest BCUT2D eigenvalue weighted by molar-refractivity contribution is 5.70. The molecule has 26 heavy (non-hydrogen) atoms. The Labute approximate surface area is 152 Å². The van der Waals surface area contributed by atoms with Crippen LogP contribution in [0, 0.1) is 0 Å². The molecule has 1 aromatic carbocycles. The van der Waals surface area contributed by atoms with E-state index < -0.39 is 6.09 Å². The van der Waals surface area contributed by atoms with Crippen molar-refractivity contribution in [2.75, 3.05) is 32.9 Å². The molecule has 1 fully saturated rings. The third kappa shape index (κ3) is 4.86. The van der Waals surface area contributed by atoms with Gasteiger partial charge in [0, 0.05) is 12.7 Å². The van der Waals surface area contributed by atoms with Gasteiger partial charge in [-0.15, -0.1) is 0 Å². The molecule has 1 saturated heterocycles. The van der Waals surface area contributed by atoms with Gasteiger partial charge in [0.15, 0.2) is 17.2 Å². The standard InChI is InChI=1S/C19H22N2O5/c1-2-23-17-7-3-4-8-18(17)25-14-16-13-21(10-11-24-16)19(22)26-15-6-5-9-20-12-15/h3-9,12,16H,2,10-11,13-14H2,1H3. The summed E-state index contributed by atoms with van der Waals surface area (Å²) < 4.78 is 22.4. The summed E-state index contributed by atoms with van der Waals surface area (Å²) in [6.45, 7) is 4.12. The molecule has 0 radical (unpaired) electrons. The fraction of sp³-hybridized carbons (Fsp3) is 0.368. The molecule has 1 amide bonds. The molecule has 0 saturated carbocycles. The summed E-state index contributed by atoms with van der Waals surface area (Å²) in [7, 11) is 0. The molecule has 7 heteroatoms. The van der Waals surface area contributed by atoms with Gasteiger partial charge in [-0.1, -0.05) is 12.1 Å². The smallest absolute Gasteiger partial charge is 0.415 e. The summed E-state index contributed by atoms with van der Waals surface area (Å²) in [6.07, 6.45) is 2.48. The summed E-state index contributed by atoms with van der Waals surface area (Å²) in [4.78, 5) is 17.8. The van der Waals surface area contributed by atoms with E-state index in [1.165, 1.54) is 6.20 Å². The number of carbonyl (C=O) groups excluding carboxylic acids is 1. The van der Waals surface area contributed by atoms with Gasteiger partial charge in [0.2, 0.25) is 0 Å². The maximum absolute atomic E-state index is 12.3. The van der Waals surface area contributed by atoms with Crippen LogP contribution in [-0.2, 0) is 4.74 Å². The number of nitrogens with zero attached hydrogens (tertiary/aromatic N) is 2. The van der Waals surface area contributed by atoms with Crippen molar-refractivity contribution in [3.8, 4) is 17.2 Å². The molecular formula is C19H22N2O5. The highest BCUT2D eigenvalue weighted by Gasteiger charge is 2.26. The quantitative estimate of drug-likeness (QED) is 0.791. The van der Waals surface area contributed by atoms with Gasteiger partial charge < -0.3 is 23.8 Å². The van der Waals surface area contributed by atoms with Crippen LogP contribution in [0.25, 0.3) is 0 Å². The largest absolute Gasteiger partial charge is 0.490 e. The van der Waals surface area contributed by atoms with Crippen molar-refractivity contribution in [3.05, 3.63) is 48.8 Å². The Morgan fingerprint density at radius 1 is 1.23 bits per heavy atom. The van der Waals surface area contributed by atoms with Gasteiger partial charge in [-0.3, -0.25) is 4.98 Å². The zero-order valence-corrected chi connectivity index (χ0v) is 14.7. The first-order valence-electron chi connectivity index (χ1n) is 8.59. The van der Waals surface area contributed by atoms with Crippen LogP contribution in [0.4, 0.5) is 4.79 Å². The second kappa shape index (κ2) is 9.05. The number of amides is 1. The molecule has 7 nitrogen and oxygen atoms in total. The number of benzene rings is 1. The Kier molecular flexibility index (Phi) is 6.27. The molecule has 138 valence electrons. The second-order valence-corrected chi connectivity index (χ2v) is 5.69. The van der Waals surface area contributed by atoms with Gasteiger partial charge in [0.1, 0.15) is 12.7 Å². The van der Waals surface area contributed by atoms with Crippen LogP contribution in [0.5, 0.6) is 17.2 Å². The maximum Gasteiger partial charge on any atom is 0.415 e. The number of para-hydroxylation sites is 2. The molecule has 1 atom stereocenters. The van der Waals surface area contributed by atoms with Crippen molar-refractivity contribution in [2.45, 2.75) is 13.0 Å². The molecule has 1 unspecified atom stereocenters. The van der Waals surface area contributed by atoms with E-state index in [9.17, 15) is 4.79 Å². The fourth-order valence-corrected chi connectivity index (χ4v) is 2.59. The lowest BCUT2D eigenvalue weighted by molar-refractivity contribution is -0.0404. The van der Waals surface area contributed by atoms with Gasteiger partial charge in [0.25, 0.3) is 0 Å². The number of pyridine rings is 1. The van der Waals surface area contributed by atoms with Crippen molar-refractivity contribution in [3.63, 3.8) is 0 Å². The SMILES string of the molecule is CCOc1ccccc1OCC1CN(C(=O)Oc2cccnc2)CCO1. The van der Waals surface area contributed by atoms with Crippen molar-refractivity contribution >= 4 is 6.09 Å². The number of rotatable bonds is 6. The van der Waals surface area contributed by atoms with E-state index in [4.69, 9.17) is 18.9 Å². The molecule has 0 aliphatic carbocycles. The van der Waals surface area contributed by atoms with Gasteiger partial charge in [0.05, 0.1) is 26.0 Å². The third-order valence-corrected chi connectivity index (χ3v) is 3.81. The molecule has 1 aliphatic heterocycles. The molecule has 0 spiro atoms. The van der Waals surface area contributed by atoms with Gasteiger partial charge in [-0.05, 0) is 31.2 Å². The second-order valence-electron chi connectivity index (χ2n) is 5.69. The summed E-state index contributed by atoms with van der Waals surface area (Å²) in [6, 6.07) is 10.9. The van der Waals surface area contributed by atoms with E-state index in [1.54, 1.807) is 23.2 Å². The lowest BCUT2D eigenvalue weighted by Gasteiger charge is -2.32. The summed E-state index contributed by atoms with van der Waals surface area (Å²) in [5.74, 6) is 1.77. The Hall–Kier alpha value is -2.80. The van der Waals surface area contributed by atoms with E-state index in [2.05, 4.69) is 4.98 Å². The van der Waals surface area contributed by atoms with E-state index in [1.807, 2.05) is 31.2 Å². The number of morpholine rings is 1. The lowest BCUT2D eigenvalue weighted by atomic mass is 10.3. The average molecular weight is 358 g/mol. The van der Waals surface area contributed by atoms with E-state index in [0.717, 1.165) is 0 Å². The van der Waals surface area contributed by atoms with Crippen molar-refractivity contribution in [1.82, 2.24) is 9.88 Å². The van der Waals surface area contributed by atoms with Crippen LogP contribution < -0.4 is 14.2 Å². The number of ether oxygens (including phenoxy) is 4. The Balaban J connectivity index is 1.53. The molecule has 1 aliphatic rings. The Bertz CT molecular complexity index is 710. The van der Waals surface area contributed by atoms with Crippen LogP contribution in [0.3, 0.4) is 0 Å². The van der Waals surface area contributed by atoms with Crippen molar-refractivity contribution in [1.29, 1.82) is 0 Å². The predicted octanol–water partition coefficient (Wildman–Crippen LogP) is 2.76. The molecule has 3 rings (SSSR count). The van der Waals surface area contributed by atoms with Crippen LogP contribution in [0.1, 0.15) is 6.92 Å². The van der Waals surface area contributed by atoms with E-state index >= 15 is 0 Å². The van der Waals surface area contributed by atoms with Gasteiger partial charge in [-0.25, -0.2) is 4.79 Å². The first-order valence-corrected chi connectivity index (χ1v) is 8.59. The molecular weight excluding hydrogens is 336 g/mol. The van der Waals surface area contributed by atoms with Crippen molar-refractivity contribution in [2.24, 2.45) is 0 Å².